The van der Waals surface area contributed by atoms with Gasteiger partial charge in [-0.15, -0.1) is 15.3 Å². The Morgan fingerprint density at radius 3 is 3.10 bits per heavy atom. The number of amides is 1. The summed E-state index contributed by atoms with van der Waals surface area (Å²) in [6, 6.07) is 7.53. The monoisotopic (exact) mass is 289 g/mol. The molecule has 0 aliphatic rings. The van der Waals surface area contributed by atoms with Crippen LogP contribution in [0.15, 0.2) is 30.6 Å². The largest absolute Gasteiger partial charge is 0.496 e. The first-order chi connectivity index (χ1) is 9.78. The maximum absolute atomic E-state index is 12.0. The summed E-state index contributed by atoms with van der Waals surface area (Å²) in [5.74, 6) is 0.498. The molecule has 20 heavy (non-hydrogen) atoms. The van der Waals surface area contributed by atoms with Gasteiger partial charge < -0.3 is 10.1 Å². The molecular weight excluding hydrogens is 278 g/mol. The van der Waals surface area contributed by atoms with E-state index in [1.165, 1.54) is 22.2 Å². The fourth-order valence-electron chi connectivity index (χ4n) is 1.75. The molecule has 0 atom stereocenters. The number of aromatic nitrogens is 4. The van der Waals surface area contributed by atoms with Gasteiger partial charge in [-0.3, -0.25) is 4.79 Å². The molecule has 102 valence electrons. The standard InChI is InChI=1S/C12H11N5O2S/c1-19-9-5-3-2-4-8(9)6-13-10(18)11-16-17-7-14-15-12(17)20-11/h2-5,7H,6H2,1H3,(H,13,18). The van der Waals surface area contributed by atoms with Crippen molar-refractivity contribution in [1.82, 2.24) is 25.1 Å². The lowest BCUT2D eigenvalue weighted by Crippen LogP contribution is -2.23. The summed E-state index contributed by atoms with van der Waals surface area (Å²) in [7, 11) is 1.60. The van der Waals surface area contributed by atoms with Crippen molar-refractivity contribution < 1.29 is 9.53 Å². The molecule has 3 rings (SSSR count). The molecule has 0 saturated heterocycles. The zero-order valence-electron chi connectivity index (χ0n) is 10.6. The van der Waals surface area contributed by atoms with Gasteiger partial charge in [0.2, 0.25) is 9.97 Å². The summed E-state index contributed by atoms with van der Waals surface area (Å²) < 4.78 is 6.71. The molecule has 8 heteroatoms. The van der Waals surface area contributed by atoms with Crippen molar-refractivity contribution in [1.29, 1.82) is 0 Å². The van der Waals surface area contributed by atoms with Crippen molar-refractivity contribution in [2.45, 2.75) is 6.54 Å². The molecule has 2 heterocycles. The van der Waals surface area contributed by atoms with E-state index in [1.54, 1.807) is 7.11 Å². The quantitative estimate of drug-likeness (QED) is 0.778. The lowest BCUT2D eigenvalue weighted by atomic mass is 10.2. The van der Waals surface area contributed by atoms with Crippen LogP contribution in [0.4, 0.5) is 0 Å². The Morgan fingerprint density at radius 1 is 1.45 bits per heavy atom. The molecule has 1 N–H and O–H groups in total. The minimum Gasteiger partial charge on any atom is -0.496 e. The first kappa shape index (κ1) is 12.5. The van der Waals surface area contributed by atoms with Gasteiger partial charge in [-0.2, -0.15) is 4.52 Å². The second kappa shape index (κ2) is 5.25. The van der Waals surface area contributed by atoms with Crippen LogP contribution in [0.1, 0.15) is 15.4 Å². The molecule has 2 aromatic heterocycles. The van der Waals surface area contributed by atoms with Crippen LogP contribution in [0.2, 0.25) is 0 Å². The Bertz CT molecular complexity index is 722. The van der Waals surface area contributed by atoms with Crippen molar-refractivity contribution in [3.63, 3.8) is 0 Å². The summed E-state index contributed by atoms with van der Waals surface area (Å²) in [6.45, 7) is 0.378. The Balaban J connectivity index is 1.71. The Labute approximate surface area is 118 Å². The normalized spacial score (nSPS) is 10.7. The predicted octanol–water partition coefficient (Wildman–Crippen LogP) is 1.12. The lowest BCUT2D eigenvalue weighted by Gasteiger charge is -2.08. The third-order valence-corrected chi connectivity index (χ3v) is 3.62. The maximum Gasteiger partial charge on any atom is 0.282 e. The van der Waals surface area contributed by atoms with Crippen molar-refractivity contribution >= 4 is 22.2 Å². The number of fused-ring (bicyclic) bond motifs is 1. The zero-order chi connectivity index (χ0) is 13.9. The topological polar surface area (TPSA) is 81.4 Å². The predicted molar refractivity (Wildman–Crippen MR) is 72.8 cm³/mol. The molecule has 1 aromatic carbocycles. The highest BCUT2D eigenvalue weighted by molar-refractivity contribution is 7.18. The molecule has 0 bridgehead atoms. The van der Waals surface area contributed by atoms with Crippen LogP contribution in [0.25, 0.3) is 4.96 Å². The van der Waals surface area contributed by atoms with E-state index in [2.05, 4.69) is 20.6 Å². The van der Waals surface area contributed by atoms with Crippen molar-refractivity contribution in [2.24, 2.45) is 0 Å². The van der Waals surface area contributed by atoms with E-state index in [0.717, 1.165) is 11.3 Å². The zero-order valence-corrected chi connectivity index (χ0v) is 11.4. The van der Waals surface area contributed by atoms with Gasteiger partial charge in [0.05, 0.1) is 7.11 Å². The number of hydrogen-bond acceptors (Lipinski definition) is 6. The van der Waals surface area contributed by atoms with Gasteiger partial charge in [-0.25, -0.2) is 0 Å². The van der Waals surface area contributed by atoms with Crippen LogP contribution in [-0.2, 0) is 6.54 Å². The van der Waals surface area contributed by atoms with Crippen LogP contribution in [0.3, 0.4) is 0 Å². The third-order valence-electron chi connectivity index (χ3n) is 2.71. The molecule has 3 aromatic rings. The van der Waals surface area contributed by atoms with Gasteiger partial charge in [0.25, 0.3) is 5.91 Å². The summed E-state index contributed by atoms with van der Waals surface area (Å²) in [6.07, 6.45) is 1.46. The average Bonchev–Trinajstić information content (AvgIpc) is 3.06. The molecular formula is C12H11N5O2S. The van der Waals surface area contributed by atoms with Crippen LogP contribution >= 0.6 is 11.3 Å². The van der Waals surface area contributed by atoms with E-state index >= 15 is 0 Å². The molecule has 7 nitrogen and oxygen atoms in total. The van der Waals surface area contributed by atoms with Crippen LogP contribution in [-0.4, -0.2) is 32.8 Å². The van der Waals surface area contributed by atoms with E-state index < -0.39 is 0 Å². The van der Waals surface area contributed by atoms with Crippen LogP contribution in [0, 0.1) is 0 Å². The number of nitrogens with zero attached hydrogens (tertiary/aromatic N) is 4. The van der Waals surface area contributed by atoms with Crippen LogP contribution in [0.5, 0.6) is 5.75 Å². The second-order valence-electron chi connectivity index (χ2n) is 3.96. The highest BCUT2D eigenvalue weighted by Crippen LogP contribution is 2.17. The van der Waals surface area contributed by atoms with Gasteiger partial charge in [0.15, 0.2) is 0 Å². The molecule has 0 aliphatic carbocycles. The average molecular weight is 289 g/mol. The van der Waals surface area contributed by atoms with E-state index in [4.69, 9.17) is 4.74 Å². The molecule has 0 unspecified atom stereocenters. The SMILES string of the molecule is COc1ccccc1CNC(=O)c1nn2cnnc2s1. The summed E-state index contributed by atoms with van der Waals surface area (Å²) in [4.78, 5) is 12.6. The van der Waals surface area contributed by atoms with E-state index in [9.17, 15) is 4.79 Å². The summed E-state index contributed by atoms with van der Waals surface area (Å²) in [5, 5.41) is 14.8. The van der Waals surface area contributed by atoms with Gasteiger partial charge in [-0.1, -0.05) is 29.5 Å². The number of carbonyl (C=O) groups is 1. The number of benzene rings is 1. The van der Waals surface area contributed by atoms with Crippen molar-refractivity contribution in [2.75, 3.05) is 7.11 Å². The van der Waals surface area contributed by atoms with Gasteiger partial charge in [0, 0.05) is 12.1 Å². The highest BCUT2D eigenvalue weighted by atomic mass is 32.1. The maximum atomic E-state index is 12.0. The fourth-order valence-corrected chi connectivity index (χ4v) is 2.49. The van der Waals surface area contributed by atoms with Crippen molar-refractivity contribution in [3.05, 3.63) is 41.2 Å². The number of rotatable bonds is 4. The minimum absolute atomic E-state index is 0.244. The first-order valence-corrected chi connectivity index (χ1v) is 6.66. The fraction of sp³-hybridized carbons (Fsp3) is 0.167. The molecule has 0 fully saturated rings. The number of methoxy groups -OCH3 is 1. The molecule has 0 spiro atoms. The van der Waals surface area contributed by atoms with Crippen LogP contribution < -0.4 is 10.1 Å². The van der Waals surface area contributed by atoms with E-state index in [1.807, 2.05) is 24.3 Å². The molecule has 0 radical (unpaired) electrons. The number of hydrogen-bond donors (Lipinski definition) is 1. The minimum atomic E-state index is -0.244. The molecule has 1 amide bonds. The van der Waals surface area contributed by atoms with Gasteiger partial charge in [-0.05, 0) is 6.07 Å². The molecule has 0 saturated carbocycles. The Hall–Kier alpha value is -2.48. The molecule has 0 aliphatic heterocycles. The third kappa shape index (κ3) is 2.32. The second-order valence-corrected chi connectivity index (χ2v) is 4.92. The number of para-hydroxylation sites is 1. The number of carbonyl (C=O) groups excluding carboxylic acids is 1. The van der Waals surface area contributed by atoms with Gasteiger partial charge in [0.1, 0.15) is 12.1 Å². The highest BCUT2D eigenvalue weighted by Gasteiger charge is 2.13. The number of nitrogens with one attached hydrogen (secondary N) is 1. The Morgan fingerprint density at radius 2 is 2.30 bits per heavy atom. The summed E-state index contributed by atoms with van der Waals surface area (Å²) >= 11 is 1.19. The lowest BCUT2D eigenvalue weighted by molar-refractivity contribution is 0.0949. The van der Waals surface area contributed by atoms with Crippen molar-refractivity contribution in [3.8, 4) is 5.75 Å². The Kier molecular flexibility index (Phi) is 3.30. The van der Waals surface area contributed by atoms with E-state index in [0.29, 0.717) is 16.5 Å². The van der Waals surface area contributed by atoms with E-state index in [-0.39, 0.29) is 5.91 Å². The first-order valence-electron chi connectivity index (χ1n) is 5.85. The summed E-state index contributed by atoms with van der Waals surface area (Å²) in [5.41, 5.74) is 0.909. The number of ether oxygens (including phenoxy) is 1. The van der Waals surface area contributed by atoms with Gasteiger partial charge >= 0.3 is 0 Å². The smallest absolute Gasteiger partial charge is 0.282 e.